The first-order valence-corrected chi connectivity index (χ1v) is 18.3. The maximum absolute atomic E-state index is 2.39. The molecule has 0 unspecified atom stereocenters. The SMILES string of the molecule is CCCCC[B-](CCCCC)(CCCCC)CCCCC.CCCC[NH2+]CCC.c1ccc(-c2ccccc2)cc1. The van der Waals surface area contributed by atoms with Crippen LogP contribution in [0.5, 0.6) is 0 Å². The average molecular weight is 566 g/mol. The summed E-state index contributed by atoms with van der Waals surface area (Å²) in [7, 11) is 0. The molecule has 1 nitrogen and oxygen atoms in total. The van der Waals surface area contributed by atoms with Gasteiger partial charge in [-0.05, 0) is 24.0 Å². The molecule has 41 heavy (non-hydrogen) atoms. The number of benzene rings is 2. The topological polar surface area (TPSA) is 16.6 Å². The van der Waals surface area contributed by atoms with Crippen LogP contribution in [0.25, 0.3) is 11.1 Å². The Labute approximate surface area is 259 Å². The van der Waals surface area contributed by atoms with Crippen LogP contribution in [0.3, 0.4) is 0 Å². The van der Waals surface area contributed by atoms with Crippen LogP contribution in [0.4, 0.5) is 0 Å². The van der Waals surface area contributed by atoms with Crippen molar-refractivity contribution < 1.29 is 5.32 Å². The third-order valence-electron chi connectivity index (χ3n) is 8.82. The standard InChI is InChI=1S/C20H44B.C12H10.C7H17N/c1-5-9-13-17-21(18-14-10-6-2,19-15-11-7-3)20-16-12-8-4;1-3-7-11(8-4-1)12-9-5-2-6-10-12;1-3-5-7-8-6-4-2/h5-20H2,1-4H3;1-10H;8H,3-7H2,1-2H3/q-1;;/p+1. The Morgan fingerprint density at radius 3 is 1.02 bits per heavy atom. The first kappa shape index (κ1) is 39.5. The Bertz CT molecular complexity index is 656. The van der Waals surface area contributed by atoms with Crippen LogP contribution >= 0.6 is 0 Å². The van der Waals surface area contributed by atoms with Crippen molar-refractivity contribution in [3.8, 4) is 11.1 Å². The molecule has 0 radical (unpaired) electrons. The van der Waals surface area contributed by atoms with Gasteiger partial charge in [0.15, 0.2) is 0 Å². The zero-order valence-electron chi connectivity index (χ0n) is 28.8. The molecule has 0 heterocycles. The summed E-state index contributed by atoms with van der Waals surface area (Å²) in [6.45, 7) is 16.5. The molecule has 2 aromatic rings. The lowest BCUT2D eigenvalue weighted by molar-refractivity contribution is -0.655. The Balaban J connectivity index is 0.000000664. The summed E-state index contributed by atoms with van der Waals surface area (Å²) >= 11 is 0. The maximum Gasteiger partial charge on any atom is 0.0755 e. The van der Waals surface area contributed by atoms with E-state index in [4.69, 9.17) is 0 Å². The van der Waals surface area contributed by atoms with Crippen LogP contribution in [0.2, 0.25) is 25.3 Å². The molecule has 0 atom stereocenters. The summed E-state index contributed by atoms with van der Waals surface area (Å²) in [4.78, 5) is 0. The van der Waals surface area contributed by atoms with Gasteiger partial charge in [-0.25, -0.2) is 0 Å². The molecular weight excluding hydrogens is 493 g/mol. The lowest BCUT2D eigenvalue weighted by Gasteiger charge is -2.40. The van der Waals surface area contributed by atoms with E-state index in [2.05, 4.69) is 95.4 Å². The average Bonchev–Trinajstić information content (AvgIpc) is 3.01. The normalized spacial score (nSPS) is 10.9. The molecule has 0 aliphatic heterocycles. The molecule has 2 rings (SSSR count). The Kier molecular flexibility index (Phi) is 28.8. The number of nitrogens with two attached hydrogens (primary N) is 1. The predicted molar refractivity (Wildman–Crippen MR) is 192 cm³/mol. The molecule has 0 bridgehead atoms. The van der Waals surface area contributed by atoms with E-state index in [1.807, 2.05) is 12.1 Å². The van der Waals surface area contributed by atoms with Crippen LogP contribution < -0.4 is 5.32 Å². The molecule has 2 heteroatoms. The second-order valence-electron chi connectivity index (χ2n) is 12.7. The van der Waals surface area contributed by atoms with E-state index >= 15 is 0 Å². The molecule has 2 aromatic carbocycles. The van der Waals surface area contributed by atoms with Crippen molar-refractivity contribution in [2.45, 2.75) is 163 Å². The summed E-state index contributed by atoms with van der Waals surface area (Å²) in [6.07, 6.45) is 27.6. The van der Waals surface area contributed by atoms with Crippen molar-refractivity contribution >= 4 is 6.15 Å². The summed E-state index contributed by atoms with van der Waals surface area (Å²) in [5.74, 6) is 0. The van der Waals surface area contributed by atoms with Crippen molar-refractivity contribution in [2.75, 3.05) is 13.1 Å². The molecule has 0 aliphatic rings. The van der Waals surface area contributed by atoms with Crippen LogP contribution in [0.15, 0.2) is 60.7 Å². The van der Waals surface area contributed by atoms with Gasteiger partial charge < -0.3 is 5.32 Å². The Morgan fingerprint density at radius 2 is 0.732 bits per heavy atom. The number of rotatable bonds is 22. The third kappa shape index (κ3) is 22.7. The predicted octanol–water partition coefficient (Wildman–Crippen LogP) is 12.3. The minimum atomic E-state index is -0.0383. The highest BCUT2D eigenvalue weighted by Gasteiger charge is 2.22. The molecule has 236 valence electrons. The van der Waals surface area contributed by atoms with Gasteiger partial charge in [-0.1, -0.05) is 186 Å². The molecular formula is C39H72BN. The van der Waals surface area contributed by atoms with Crippen molar-refractivity contribution in [1.29, 1.82) is 0 Å². The number of hydrogen-bond acceptors (Lipinski definition) is 0. The highest BCUT2D eigenvalue weighted by Crippen LogP contribution is 2.34. The highest BCUT2D eigenvalue weighted by atomic mass is 14.8. The van der Waals surface area contributed by atoms with Gasteiger partial charge >= 0.3 is 0 Å². The van der Waals surface area contributed by atoms with E-state index in [1.54, 1.807) is 25.3 Å². The van der Waals surface area contributed by atoms with E-state index in [9.17, 15) is 0 Å². The van der Waals surface area contributed by atoms with E-state index < -0.39 is 0 Å². The molecule has 0 aliphatic carbocycles. The Hall–Kier alpha value is -1.54. The molecule has 2 N–H and O–H groups in total. The molecule has 0 amide bonds. The lowest BCUT2D eigenvalue weighted by Crippen LogP contribution is -2.84. The minimum absolute atomic E-state index is 0.0383. The molecule has 0 fully saturated rings. The largest absolute Gasteiger partial charge is 0.346 e. The second-order valence-corrected chi connectivity index (χ2v) is 12.7. The summed E-state index contributed by atoms with van der Waals surface area (Å²) in [5.41, 5.74) is 2.55. The summed E-state index contributed by atoms with van der Waals surface area (Å²) < 4.78 is 0. The van der Waals surface area contributed by atoms with Crippen LogP contribution in [0.1, 0.15) is 138 Å². The van der Waals surface area contributed by atoms with Crippen molar-refractivity contribution in [2.24, 2.45) is 0 Å². The van der Waals surface area contributed by atoms with Gasteiger partial charge in [0.05, 0.1) is 13.1 Å². The molecule has 0 saturated heterocycles. The van der Waals surface area contributed by atoms with Crippen molar-refractivity contribution in [3.63, 3.8) is 0 Å². The highest BCUT2D eigenvalue weighted by molar-refractivity contribution is 6.79. The quantitative estimate of drug-likeness (QED) is 0.108. The van der Waals surface area contributed by atoms with E-state index in [0.29, 0.717) is 0 Å². The molecule has 0 spiro atoms. The molecule has 0 saturated carbocycles. The van der Waals surface area contributed by atoms with E-state index in [-0.39, 0.29) is 6.15 Å². The number of unbranched alkanes of at least 4 members (excludes halogenated alkanes) is 9. The Morgan fingerprint density at radius 1 is 0.390 bits per heavy atom. The second kappa shape index (κ2) is 29.9. The van der Waals surface area contributed by atoms with E-state index in [0.717, 1.165) is 0 Å². The smallest absolute Gasteiger partial charge is 0.0755 e. The van der Waals surface area contributed by atoms with Gasteiger partial charge in [0.1, 0.15) is 0 Å². The van der Waals surface area contributed by atoms with Gasteiger partial charge in [0.25, 0.3) is 0 Å². The van der Waals surface area contributed by atoms with Crippen molar-refractivity contribution in [3.05, 3.63) is 60.7 Å². The monoisotopic (exact) mass is 566 g/mol. The fraction of sp³-hybridized carbons (Fsp3) is 0.692. The van der Waals surface area contributed by atoms with Crippen molar-refractivity contribution in [1.82, 2.24) is 0 Å². The minimum Gasteiger partial charge on any atom is -0.346 e. The third-order valence-corrected chi connectivity index (χ3v) is 8.82. The fourth-order valence-corrected chi connectivity index (χ4v) is 6.13. The summed E-state index contributed by atoms with van der Waals surface area (Å²) in [5, 5.41) is 2.39. The van der Waals surface area contributed by atoms with E-state index in [1.165, 1.54) is 121 Å². The lowest BCUT2D eigenvalue weighted by atomic mass is 9.17. The first-order chi connectivity index (χ1) is 20.1. The van der Waals surface area contributed by atoms with Gasteiger partial charge in [-0.3, -0.25) is 0 Å². The summed E-state index contributed by atoms with van der Waals surface area (Å²) in [6, 6.07) is 20.8. The van der Waals surface area contributed by atoms with Gasteiger partial charge in [0.2, 0.25) is 0 Å². The zero-order chi connectivity index (χ0) is 30.3. The van der Waals surface area contributed by atoms with Gasteiger partial charge in [-0.2, -0.15) is 25.3 Å². The fourth-order valence-electron chi connectivity index (χ4n) is 6.13. The van der Waals surface area contributed by atoms with Gasteiger partial charge in [0, 0.05) is 6.15 Å². The maximum atomic E-state index is 2.39. The van der Waals surface area contributed by atoms with Crippen LogP contribution in [-0.2, 0) is 0 Å². The van der Waals surface area contributed by atoms with Crippen LogP contribution in [-0.4, -0.2) is 19.2 Å². The number of quaternary nitrogens is 1. The zero-order valence-corrected chi connectivity index (χ0v) is 28.8. The number of hydrogen-bond donors (Lipinski definition) is 1. The first-order valence-electron chi connectivity index (χ1n) is 18.3. The van der Waals surface area contributed by atoms with Gasteiger partial charge in [-0.15, -0.1) is 0 Å². The molecule has 0 aromatic heterocycles. The van der Waals surface area contributed by atoms with Crippen LogP contribution in [0, 0.1) is 0 Å².